The van der Waals surface area contributed by atoms with Gasteiger partial charge in [0.25, 0.3) is 0 Å². The van der Waals surface area contributed by atoms with Gasteiger partial charge in [-0.15, -0.1) is 0 Å². The molecule has 0 fully saturated rings. The molecule has 11 heteroatoms. The van der Waals surface area contributed by atoms with E-state index >= 15 is 0 Å². The van der Waals surface area contributed by atoms with Crippen molar-refractivity contribution in [1.29, 1.82) is 0 Å². The summed E-state index contributed by atoms with van der Waals surface area (Å²) in [5.74, 6) is 0. The Balaban J connectivity index is 1.57. The highest BCUT2D eigenvalue weighted by molar-refractivity contribution is 5.92. The van der Waals surface area contributed by atoms with Gasteiger partial charge in [-0.05, 0) is 61.0 Å². The SMILES string of the molecule is FC(F)(F)c1ccc(Nc2cc(CN3CC=CCC3)nc3nc(-c4ncccc4C(F)(F)F)ccc23)cc1. The molecule has 0 saturated heterocycles. The summed E-state index contributed by atoms with van der Waals surface area (Å²) >= 11 is 0. The maximum absolute atomic E-state index is 13.6. The van der Waals surface area contributed by atoms with Gasteiger partial charge in [0.2, 0.25) is 0 Å². The van der Waals surface area contributed by atoms with Crippen molar-refractivity contribution in [3.8, 4) is 11.4 Å². The molecule has 196 valence electrons. The van der Waals surface area contributed by atoms with Crippen LogP contribution in [0.1, 0.15) is 23.2 Å². The van der Waals surface area contributed by atoms with Crippen LogP contribution in [0.25, 0.3) is 22.4 Å². The van der Waals surface area contributed by atoms with Crippen LogP contribution in [0.5, 0.6) is 0 Å². The lowest BCUT2D eigenvalue weighted by Gasteiger charge is -2.23. The Hall–Kier alpha value is -3.99. The molecule has 4 aromatic rings. The second kappa shape index (κ2) is 10.1. The minimum Gasteiger partial charge on any atom is -0.355 e. The van der Waals surface area contributed by atoms with Crippen molar-refractivity contribution in [1.82, 2.24) is 19.9 Å². The van der Waals surface area contributed by atoms with Gasteiger partial charge in [0, 0.05) is 36.9 Å². The number of rotatable bonds is 5. The Morgan fingerprint density at radius 3 is 2.34 bits per heavy atom. The zero-order valence-corrected chi connectivity index (χ0v) is 19.8. The molecular weight excluding hydrogens is 508 g/mol. The van der Waals surface area contributed by atoms with Gasteiger partial charge in [-0.3, -0.25) is 9.88 Å². The summed E-state index contributed by atoms with van der Waals surface area (Å²) < 4.78 is 79.8. The van der Waals surface area contributed by atoms with Gasteiger partial charge in [-0.1, -0.05) is 12.2 Å². The lowest BCUT2D eigenvalue weighted by Crippen LogP contribution is -2.27. The molecule has 0 radical (unpaired) electrons. The van der Waals surface area contributed by atoms with Crippen LogP contribution in [0.3, 0.4) is 0 Å². The lowest BCUT2D eigenvalue weighted by atomic mass is 10.1. The molecule has 0 bridgehead atoms. The summed E-state index contributed by atoms with van der Waals surface area (Å²) in [4.78, 5) is 15.1. The van der Waals surface area contributed by atoms with Crippen LogP contribution in [-0.4, -0.2) is 32.9 Å². The summed E-state index contributed by atoms with van der Waals surface area (Å²) in [7, 11) is 0. The number of fused-ring (bicyclic) bond motifs is 1. The molecule has 1 aliphatic rings. The fraction of sp³-hybridized carbons (Fsp3) is 0.222. The fourth-order valence-electron chi connectivity index (χ4n) is 4.27. The number of nitrogens with zero attached hydrogens (tertiary/aromatic N) is 4. The molecule has 4 heterocycles. The molecular formula is C27H21F6N5. The van der Waals surface area contributed by atoms with Crippen molar-refractivity contribution in [3.05, 3.63) is 89.8 Å². The van der Waals surface area contributed by atoms with E-state index in [4.69, 9.17) is 0 Å². The maximum atomic E-state index is 13.6. The van der Waals surface area contributed by atoms with E-state index in [1.165, 1.54) is 30.5 Å². The standard InChI is InChI=1S/C27H21F6N5/c28-26(29,30)17-6-8-18(9-7-17)35-23-15-19(16-38-13-2-1-3-14-38)36-25-20(23)10-11-22(37-25)24-21(27(31,32)33)5-4-12-34-24/h1-2,4-12,15H,3,13-14,16H2,(H,35,36,37). The van der Waals surface area contributed by atoms with Gasteiger partial charge >= 0.3 is 12.4 Å². The summed E-state index contributed by atoms with van der Waals surface area (Å²) in [5, 5.41) is 3.62. The first-order chi connectivity index (χ1) is 18.1. The smallest absolute Gasteiger partial charge is 0.355 e. The van der Waals surface area contributed by atoms with E-state index in [1.807, 2.05) is 6.08 Å². The molecule has 5 nitrogen and oxygen atoms in total. The third-order valence-electron chi connectivity index (χ3n) is 6.10. The van der Waals surface area contributed by atoms with E-state index in [-0.39, 0.29) is 17.0 Å². The lowest BCUT2D eigenvalue weighted by molar-refractivity contribution is -0.138. The van der Waals surface area contributed by atoms with Crippen molar-refractivity contribution in [2.75, 3.05) is 18.4 Å². The van der Waals surface area contributed by atoms with Crippen molar-refractivity contribution in [3.63, 3.8) is 0 Å². The second-order valence-electron chi connectivity index (χ2n) is 8.82. The first-order valence-corrected chi connectivity index (χ1v) is 11.7. The van der Waals surface area contributed by atoms with E-state index in [1.54, 1.807) is 12.1 Å². The van der Waals surface area contributed by atoms with E-state index in [2.05, 4.69) is 31.2 Å². The van der Waals surface area contributed by atoms with E-state index in [9.17, 15) is 26.3 Å². The first kappa shape index (κ1) is 25.7. The molecule has 0 aliphatic carbocycles. The van der Waals surface area contributed by atoms with Crippen LogP contribution in [0, 0.1) is 0 Å². The van der Waals surface area contributed by atoms with E-state index in [0.717, 1.165) is 37.7 Å². The molecule has 1 aliphatic heterocycles. The first-order valence-electron chi connectivity index (χ1n) is 11.7. The predicted molar refractivity (Wildman–Crippen MR) is 132 cm³/mol. The van der Waals surface area contributed by atoms with Gasteiger partial charge in [0.1, 0.15) is 5.69 Å². The van der Waals surface area contributed by atoms with Crippen molar-refractivity contribution < 1.29 is 26.3 Å². The van der Waals surface area contributed by atoms with Crippen LogP contribution in [0.4, 0.5) is 37.7 Å². The average Bonchev–Trinajstić information content (AvgIpc) is 2.88. The molecule has 0 atom stereocenters. The Kier molecular flexibility index (Phi) is 6.78. The van der Waals surface area contributed by atoms with Crippen molar-refractivity contribution in [2.24, 2.45) is 0 Å². The summed E-state index contributed by atoms with van der Waals surface area (Å²) in [6.07, 6.45) is -2.80. The van der Waals surface area contributed by atoms with Crippen LogP contribution in [-0.2, 0) is 18.9 Å². The minimum atomic E-state index is -4.62. The molecule has 0 unspecified atom stereocenters. The van der Waals surface area contributed by atoms with Gasteiger partial charge in [0.05, 0.1) is 28.2 Å². The topological polar surface area (TPSA) is 53.9 Å². The average molecular weight is 529 g/mol. The number of nitrogens with one attached hydrogen (secondary N) is 1. The van der Waals surface area contributed by atoms with Gasteiger partial charge in [0.15, 0.2) is 5.65 Å². The zero-order chi connectivity index (χ0) is 26.9. The number of pyridine rings is 3. The number of hydrogen-bond acceptors (Lipinski definition) is 5. The highest BCUT2D eigenvalue weighted by atomic mass is 19.4. The molecule has 0 saturated carbocycles. The predicted octanol–water partition coefficient (Wildman–Crippen LogP) is 7.23. The number of benzene rings is 1. The Labute approximate surface area is 213 Å². The number of halogens is 6. The third kappa shape index (κ3) is 5.62. The number of hydrogen-bond donors (Lipinski definition) is 1. The molecule has 1 aromatic carbocycles. The molecule has 3 aromatic heterocycles. The Bertz CT molecular complexity index is 1480. The quantitative estimate of drug-likeness (QED) is 0.218. The number of aromatic nitrogens is 3. The number of anilines is 2. The summed E-state index contributed by atoms with van der Waals surface area (Å²) in [5.41, 5.74) is -0.248. The van der Waals surface area contributed by atoms with E-state index < -0.39 is 23.5 Å². The fourth-order valence-corrected chi connectivity index (χ4v) is 4.27. The molecule has 0 amide bonds. The maximum Gasteiger partial charge on any atom is 0.418 e. The van der Waals surface area contributed by atoms with Crippen molar-refractivity contribution >= 4 is 22.4 Å². The van der Waals surface area contributed by atoms with E-state index in [0.29, 0.717) is 29.0 Å². The summed E-state index contributed by atoms with van der Waals surface area (Å²) in [6.45, 7) is 2.00. The van der Waals surface area contributed by atoms with Crippen LogP contribution >= 0.6 is 0 Å². The van der Waals surface area contributed by atoms with Crippen LogP contribution in [0.2, 0.25) is 0 Å². The van der Waals surface area contributed by atoms with Crippen LogP contribution < -0.4 is 5.32 Å². The molecule has 1 N–H and O–H groups in total. The largest absolute Gasteiger partial charge is 0.418 e. The van der Waals surface area contributed by atoms with Gasteiger partial charge in [-0.2, -0.15) is 26.3 Å². The van der Waals surface area contributed by atoms with Crippen LogP contribution in [0.15, 0.2) is 72.9 Å². The second-order valence-corrected chi connectivity index (χ2v) is 8.82. The normalized spacial score (nSPS) is 14.7. The minimum absolute atomic E-state index is 0.0106. The van der Waals surface area contributed by atoms with Crippen molar-refractivity contribution in [2.45, 2.75) is 25.3 Å². The highest BCUT2D eigenvalue weighted by Gasteiger charge is 2.35. The number of alkyl halides is 6. The molecule has 5 rings (SSSR count). The monoisotopic (exact) mass is 529 g/mol. The Morgan fingerprint density at radius 1 is 0.868 bits per heavy atom. The highest BCUT2D eigenvalue weighted by Crippen LogP contribution is 2.36. The zero-order valence-electron chi connectivity index (χ0n) is 19.8. The molecule has 0 spiro atoms. The molecule has 38 heavy (non-hydrogen) atoms. The Morgan fingerprint density at radius 2 is 1.66 bits per heavy atom. The summed E-state index contributed by atoms with van der Waals surface area (Å²) in [6, 6.07) is 11.5. The van der Waals surface area contributed by atoms with Gasteiger partial charge in [-0.25, -0.2) is 9.97 Å². The third-order valence-corrected chi connectivity index (χ3v) is 6.10. The van der Waals surface area contributed by atoms with Gasteiger partial charge < -0.3 is 5.32 Å².